The molecule has 0 radical (unpaired) electrons. The molecule has 1 aliphatic carbocycles. The van der Waals surface area contributed by atoms with Crippen molar-refractivity contribution in [1.82, 2.24) is 0 Å². The molecule has 0 bridgehead atoms. The maximum Gasteiger partial charge on any atom is 0.0407 e. The van der Waals surface area contributed by atoms with Crippen LogP contribution >= 0.6 is 11.6 Å². The van der Waals surface area contributed by atoms with E-state index in [0.29, 0.717) is 0 Å². The summed E-state index contributed by atoms with van der Waals surface area (Å²) in [5.41, 5.74) is 1.16. The lowest BCUT2D eigenvalue weighted by Gasteiger charge is -2.18. The Morgan fingerprint density at radius 2 is 2.00 bits per heavy atom. The molecular formula is C13H16ClN. The van der Waals surface area contributed by atoms with Crippen LogP contribution in [0.4, 0.5) is 5.69 Å². The van der Waals surface area contributed by atoms with Gasteiger partial charge in [-0.25, -0.2) is 0 Å². The van der Waals surface area contributed by atoms with E-state index in [-0.39, 0.29) is 0 Å². The number of rotatable bonds is 3. The first kappa shape index (κ1) is 10.6. The molecule has 0 fully saturated rings. The van der Waals surface area contributed by atoms with Crippen molar-refractivity contribution in [2.75, 3.05) is 11.9 Å². The maximum absolute atomic E-state index is 5.82. The Balaban J connectivity index is 1.82. The van der Waals surface area contributed by atoms with Gasteiger partial charge in [0, 0.05) is 17.3 Å². The van der Waals surface area contributed by atoms with Gasteiger partial charge in [-0.2, -0.15) is 0 Å². The molecule has 1 nitrogen and oxygen atoms in total. The number of halogens is 1. The molecule has 0 unspecified atom stereocenters. The van der Waals surface area contributed by atoms with E-state index in [1.165, 1.54) is 19.3 Å². The molecule has 1 aliphatic rings. The molecule has 15 heavy (non-hydrogen) atoms. The summed E-state index contributed by atoms with van der Waals surface area (Å²) >= 11 is 5.82. The first-order valence-corrected chi connectivity index (χ1v) is 5.87. The predicted molar refractivity (Wildman–Crippen MR) is 66.4 cm³/mol. The highest BCUT2D eigenvalue weighted by Gasteiger charge is 2.08. The van der Waals surface area contributed by atoms with Crippen molar-refractivity contribution in [3.05, 3.63) is 41.4 Å². The molecule has 0 aliphatic heterocycles. The molecule has 0 heterocycles. The van der Waals surface area contributed by atoms with E-state index in [0.717, 1.165) is 23.2 Å². The van der Waals surface area contributed by atoms with Gasteiger partial charge in [-0.3, -0.25) is 0 Å². The van der Waals surface area contributed by atoms with Gasteiger partial charge in [0.2, 0.25) is 0 Å². The van der Waals surface area contributed by atoms with Crippen LogP contribution in [0.25, 0.3) is 0 Å². The minimum Gasteiger partial charge on any atom is -0.385 e. The lowest BCUT2D eigenvalue weighted by atomic mass is 9.94. The smallest absolute Gasteiger partial charge is 0.0407 e. The van der Waals surface area contributed by atoms with E-state index in [2.05, 4.69) is 17.5 Å². The first-order chi connectivity index (χ1) is 7.34. The molecule has 2 heteroatoms. The maximum atomic E-state index is 5.82. The number of benzene rings is 1. The first-order valence-electron chi connectivity index (χ1n) is 5.49. The van der Waals surface area contributed by atoms with E-state index in [9.17, 15) is 0 Å². The zero-order chi connectivity index (χ0) is 10.5. The number of allylic oxidation sites excluding steroid dienone is 2. The lowest BCUT2D eigenvalue weighted by molar-refractivity contribution is 0.504. The Morgan fingerprint density at radius 1 is 1.20 bits per heavy atom. The average molecular weight is 222 g/mol. The van der Waals surface area contributed by atoms with Crippen molar-refractivity contribution in [2.24, 2.45) is 5.92 Å². The van der Waals surface area contributed by atoms with Crippen molar-refractivity contribution < 1.29 is 0 Å². The van der Waals surface area contributed by atoms with Crippen LogP contribution in [-0.4, -0.2) is 6.54 Å². The Hall–Kier alpha value is -0.950. The summed E-state index contributed by atoms with van der Waals surface area (Å²) in [5, 5.41) is 4.24. The van der Waals surface area contributed by atoms with Crippen LogP contribution in [0.2, 0.25) is 5.02 Å². The summed E-state index contributed by atoms with van der Waals surface area (Å²) in [6, 6.07) is 7.90. The van der Waals surface area contributed by atoms with Crippen LogP contribution in [0.15, 0.2) is 36.4 Å². The van der Waals surface area contributed by atoms with Crippen molar-refractivity contribution in [3.63, 3.8) is 0 Å². The van der Waals surface area contributed by atoms with Gasteiger partial charge in [-0.1, -0.05) is 23.8 Å². The SMILES string of the molecule is Clc1ccc(NC[C@@H]2CC=CCC2)cc1. The highest BCUT2D eigenvalue weighted by Crippen LogP contribution is 2.19. The lowest BCUT2D eigenvalue weighted by Crippen LogP contribution is -2.15. The van der Waals surface area contributed by atoms with Gasteiger partial charge in [0.25, 0.3) is 0 Å². The molecule has 0 saturated heterocycles. The second-order valence-electron chi connectivity index (χ2n) is 4.04. The normalized spacial score (nSPS) is 20.2. The summed E-state index contributed by atoms with van der Waals surface area (Å²) in [7, 11) is 0. The summed E-state index contributed by atoms with van der Waals surface area (Å²) in [6.45, 7) is 1.06. The van der Waals surface area contributed by atoms with Gasteiger partial charge >= 0.3 is 0 Å². The van der Waals surface area contributed by atoms with Crippen LogP contribution in [0.5, 0.6) is 0 Å². The van der Waals surface area contributed by atoms with Crippen LogP contribution in [-0.2, 0) is 0 Å². The molecule has 1 aromatic carbocycles. The zero-order valence-electron chi connectivity index (χ0n) is 8.75. The second-order valence-corrected chi connectivity index (χ2v) is 4.47. The van der Waals surface area contributed by atoms with Crippen molar-refractivity contribution >= 4 is 17.3 Å². The van der Waals surface area contributed by atoms with Crippen molar-refractivity contribution in [1.29, 1.82) is 0 Å². The summed E-state index contributed by atoms with van der Waals surface area (Å²) in [5.74, 6) is 0.783. The fraction of sp³-hybridized carbons (Fsp3) is 0.385. The molecule has 1 aromatic rings. The Kier molecular flexibility index (Phi) is 3.68. The quantitative estimate of drug-likeness (QED) is 0.758. The molecule has 2 rings (SSSR count). The van der Waals surface area contributed by atoms with E-state index in [1.807, 2.05) is 24.3 Å². The van der Waals surface area contributed by atoms with Crippen LogP contribution in [0.1, 0.15) is 19.3 Å². The largest absolute Gasteiger partial charge is 0.385 e. The Morgan fingerprint density at radius 3 is 2.67 bits per heavy atom. The van der Waals surface area contributed by atoms with Gasteiger partial charge in [0.05, 0.1) is 0 Å². The molecule has 80 valence electrons. The van der Waals surface area contributed by atoms with E-state index in [4.69, 9.17) is 11.6 Å². The van der Waals surface area contributed by atoms with Crippen molar-refractivity contribution in [2.45, 2.75) is 19.3 Å². The van der Waals surface area contributed by atoms with Gasteiger partial charge in [0.15, 0.2) is 0 Å². The topological polar surface area (TPSA) is 12.0 Å². The predicted octanol–water partition coefficient (Wildman–Crippen LogP) is 4.11. The molecule has 0 aromatic heterocycles. The Bertz CT molecular complexity index is 329. The van der Waals surface area contributed by atoms with Crippen LogP contribution in [0.3, 0.4) is 0 Å². The third-order valence-electron chi connectivity index (χ3n) is 2.82. The number of hydrogen-bond acceptors (Lipinski definition) is 1. The standard InChI is InChI=1S/C13H16ClN/c14-12-6-8-13(9-7-12)15-10-11-4-2-1-3-5-11/h1-2,6-9,11,15H,3-5,10H2/t11-/m1/s1. The monoisotopic (exact) mass is 221 g/mol. The minimum absolute atomic E-state index is 0.783. The van der Waals surface area contributed by atoms with E-state index < -0.39 is 0 Å². The summed E-state index contributed by atoms with van der Waals surface area (Å²) < 4.78 is 0. The third-order valence-corrected chi connectivity index (χ3v) is 3.07. The Labute approximate surface area is 96.1 Å². The summed E-state index contributed by atoms with van der Waals surface area (Å²) in [6.07, 6.45) is 8.31. The van der Waals surface area contributed by atoms with Gasteiger partial charge < -0.3 is 5.32 Å². The molecule has 0 amide bonds. The van der Waals surface area contributed by atoms with Crippen molar-refractivity contribution in [3.8, 4) is 0 Å². The molecule has 0 spiro atoms. The third kappa shape index (κ3) is 3.28. The fourth-order valence-electron chi connectivity index (χ4n) is 1.87. The number of hydrogen-bond donors (Lipinski definition) is 1. The molecule has 0 saturated carbocycles. The fourth-order valence-corrected chi connectivity index (χ4v) is 2.00. The highest BCUT2D eigenvalue weighted by molar-refractivity contribution is 6.30. The number of anilines is 1. The number of nitrogens with one attached hydrogen (secondary N) is 1. The van der Waals surface area contributed by atoms with E-state index in [1.54, 1.807) is 0 Å². The van der Waals surface area contributed by atoms with Crippen LogP contribution in [0, 0.1) is 5.92 Å². The highest BCUT2D eigenvalue weighted by atomic mass is 35.5. The molecular weight excluding hydrogens is 206 g/mol. The molecule has 1 atom stereocenters. The zero-order valence-corrected chi connectivity index (χ0v) is 9.50. The van der Waals surface area contributed by atoms with Gasteiger partial charge in [-0.15, -0.1) is 0 Å². The van der Waals surface area contributed by atoms with Gasteiger partial charge in [0.1, 0.15) is 0 Å². The van der Waals surface area contributed by atoms with E-state index >= 15 is 0 Å². The summed E-state index contributed by atoms with van der Waals surface area (Å²) in [4.78, 5) is 0. The molecule has 1 N–H and O–H groups in total. The minimum atomic E-state index is 0.783. The average Bonchev–Trinajstić information content (AvgIpc) is 2.30. The second kappa shape index (κ2) is 5.22. The van der Waals surface area contributed by atoms with Gasteiger partial charge in [-0.05, 0) is 49.4 Å². The van der Waals surface area contributed by atoms with Crippen LogP contribution < -0.4 is 5.32 Å².